The van der Waals surface area contributed by atoms with E-state index in [0.29, 0.717) is 11.3 Å². The van der Waals surface area contributed by atoms with E-state index in [1.807, 2.05) is 0 Å². The number of benzene rings is 1. The predicted octanol–water partition coefficient (Wildman–Crippen LogP) is 1.82. The molecule has 0 aliphatic carbocycles. The number of aliphatic hydroxyl groups is 1. The first-order chi connectivity index (χ1) is 9.69. The second-order valence-corrected chi connectivity index (χ2v) is 3.85. The van der Waals surface area contributed by atoms with Gasteiger partial charge < -0.3 is 10.4 Å². The van der Waals surface area contributed by atoms with Crippen LogP contribution in [0.15, 0.2) is 42.6 Å². The summed E-state index contributed by atoms with van der Waals surface area (Å²) < 4.78 is 12.7. The summed E-state index contributed by atoms with van der Waals surface area (Å²) in [6.45, 7) is -0.229. The molecule has 0 radical (unpaired) electrons. The molecule has 4 nitrogen and oxygen atoms in total. The highest BCUT2D eigenvalue weighted by Crippen LogP contribution is 2.10. The summed E-state index contributed by atoms with van der Waals surface area (Å²) in [7, 11) is 0. The third-order valence-corrected chi connectivity index (χ3v) is 2.41. The smallest absolute Gasteiger partial charge is 0.274 e. The summed E-state index contributed by atoms with van der Waals surface area (Å²) in [5.74, 6) is 4.41. The number of pyridine rings is 1. The number of hydrogen-bond donors (Lipinski definition) is 2. The molecule has 1 aromatic carbocycles. The highest BCUT2D eigenvalue weighted by atomic mass is 19.1. The molecule has 0 aliphatic heterocycles. The van der Waals surface area contributed by atoms with Gasteiger partial charge in [0, 0.05) is 17.4 Å². The van der Waals surface area contributed by atoms with Crippen LogP contribution in [0.2, 0.25) is 0 Å². The van der Waals surface area contributed by atoms with Crippen molar-refractivity contribution in [2.24, 2.45) is 0 Å². The fourth-order valence-electron chi connectivity index (χ4n) is 1.47. The van der Waals surface area contributed by atoms with Crippen LogP contribution in [0.3, 0.4) is 0 Å². The Kier molecular flexibility index (Phi) is 4.43. The Labute approximate surface area is 115 Å². The number of nitrogens with zero attached hydrogens (tertiary/aromatic N) is 1. The van der Waals surface area contributed by atoms with Crippen LogP contribution in [0, 0.1) is 17.7 Å². The lowest BCUT2D eigenvalue weighted by atomic mass is 10.2. The van der Waals surface area contributed by atoms with Crippen LogP contribution in [-0.4, -0.2) is 22.6 Å². The number of anilines is 1. The molecule has 2 aromatic rings. The molecule has 1 aromatic heterocycles. The minimum Gasteiger partial charge on any atom is -0.384 e. The SMILES string of the molecule is O=C(Nc1ccc(F)cc1)c1ccc(C#CCO)cn1. The molecule has 0 bridgehead atoms. The van der Waals surface area contributed by atoms with Crippen LogP contribution in [0.1, 0.15) is 16.1 Å². The molecule has 5 heteroatoms. The van der Waals surface area contributed by atoms with E-state index in [-0.39, 0.29) is 18.1 Å². The van der Waals surface area contributed by atoms with Gasteiger partial charge in [0.2, 0.25) is 0 Å². The molecule has 0 spiro atoms. The number of nitrogens with one attached hydrogen (secondary N) is 1. The fourth-order valence-corrected chi connectivity index (χ4v) is 1.47. The Balaban J connectivity index is 2.07. The van der Waals surface area contributed by atoms with Crippen molar-refractivity contribution in [1.29, 1.82) is 0 Å². The van der Waals surface area contributed by atoms with Gasteiger partial charge in [0.25, 0.3) is 5.91 Å². The fraction of sp³-hybridized carbons (Fsp3) is 0.0667. The third kappa shape index (κ3) is 3.64. The van der Waals surface area contributed by atoms with E-state index in [9.17, 15) is 9.18 Å². The zero-order valence-corrected chi connectivity index (χ0v) is 10.4. The van der Waals surface area contributed by atoms with E-state index in [1.165, 1.54) is 36.5 Å². The number of hydrogen-bond acceptors (Lipinski definition) is 3. The number of amides is 1. The summed E-state index contributed by atoms with van der Waals surface area (Å²) in [6.07, 6.45) is 1.45. The average molecular weight is 270 g/mol. The van der Waals surface area contributed by atoms with Crippen molar-refractivity contribution in [2.75, 3.05) is 11.9 Å². The molecule has 0 fully saturated rings. The monoisotopic (exact) mass is 270 g/mol. The van der Waals surface area contributed by atoms with Gasteiger partial charge in [0.15, 0.2) is 0 Å². The van der Waals surface area contributed by atoms with Crippen LogP contribution < -0.4 is 5.32 Å². The van der Waals surface area contributed by atoms with Gasteiger partial charge in [-0.05, 0) is 36.4 Å². The average Bonchev–Trinajstić information content (AvgIpc) is 2.48. The normalized spacial score (nSPS) is 9.50. The van der Waals surface area contributed by atoms with Crippen LogP contribution in [0.4, 0.5) is 10.1 Å². The number of carbonyl (C=O) groups excluding carboxylic acids is 1. The second kappa shape index (κ2) is 6.45. The van der Waals surface area contributed by atoms with E-state index >= 15 is 0 Å². The molecule has 0 saturated heterocycles. The highest BCUT2D eigenvalue weighted by molar-refractivity contribution is 6.02. The number of aliphatic hydroxyl groups excluding tert-OH is 1. The number of halogens is 1. The standard InChI is InChI=1S/C15H11FN2O2/c16-12-4-6-13(7-5-12)18-15(20)14-8-3-11(10-17-14)2-1-9-19/h3-8,10,19H,9H2,(H,18,20). The van der Waals surface area contributed by atoms with Crippen molar-refractivity contribution in [1.82, 2.24) is 4.98 Å². The molecular formula is C15H11FN2O2. The first kappa shape index (κ1) is 13.7. The number of aromatic nitrogens is 1. The van der Waals surface area contributed by atoms with Gasteiger partial charge in [-0.2, -0.15) is 0 Å². The van der Waals surface area contributed by atoms with Gasteiger partial charge in [-0.1, -0.05) is 11.8 Å². The maximum atomic E-state index is 12.7. The molecule has 1 heterocycles. The van der Waals surface area contributed by atoms with Crippen molar-refractivity contribution in [3.05, 3.63) is 59.7 Å². The number of rotatable bonds is 2. The Morgan fingerprint density at radius 3 is 2.60 bits per heavy atom. The van der Waals surface area contributed by atoms with E-state index in [2.05, 4.69) is 22.1 Å². The molecule has 0 saturated carbocycles. The van der Waals surface area contributed by atoms with Crippen LogP contribution in [0.5, 0.6) is 0 Å². The van der Waals surface area contributed by atoms with Crippen LogP contribution in [-0.2, 0) is 0 Å². The van der Waals surface area contributed by atoms with Crippen molar-refractivity contribution >= 4 is 11.6 Å². The van der Waals surface area contributed by atoms with Gasteiger partial charge in [-0.3, -0.25) is 4.79 Å². The van der Waals surface area contributed by atoms with E-state index in [0.717, 1.165) is 0 Å². The summed E-state index contributed by atoms with van der Waals surface area (Å²) >= 11 is 0. The summed E-state index contributed by atoms with van der Waals surface area (Å²) in [4.78, 5) is 15.9. The van der Waals surface area contributed by atoms with Gasteiger partial charge in [-0.15, -0.1) is 0 Å². The first-order valence-electron chi connectivity index (χ1n) is 5.82. The first-order valence-corrected chi connectivity index (χ1v) is 5.82. The van der Waals surface area contributed by atoms with Gasteiger partial charge >= 0.3 is 0 Å². The Bertz CT molecular complexity index is 655. The quantitative estimate of drug-likeness (QED) is 0.818. The zero-order valence-electron chi connectivity index (χ0n) is 10.4. The molecule has 1 amide bonds. The Morgan fingerprint density at radius 2 is 2.00 bits per heavy atom. The predicted molar refractivity (Wildman–Crippen MR) is 72.6 cm³/mol. The molecule has 2 N–H and O–H groups in total. The molecule has 0 unspecified atom stereocenters. The highest BCUT2D eigenvalue weighted by Gasteiger charge is 2.07. The van der Waals surface area contributed by atoms with Crippen molar-refractivity contribution in [2.45, 2.75) is 0 Å². The molecule has 2 rings (SSSR count). The van der Waals surface area contributed by atoms with Gasteiger partial charge in [-0.25, -0.2) is 9.37 Å². The molecule has 100 valence electrons. The van der Waals surface area contributed by atoms with Crippen molar-refractivity contribution in [3.8, 4) is 11.8 Å². The summed E-state index contributed by atoms with van der Waals surface area (Å²) in [6, 6.07) is 8.62. The zero-order chi connectivity index (χ0) is 14.4. The maximum Gasteiger partial charge on any atom is 0.274 e. The summed E-state index contributed by atoms with van der Waals surface area (Å²) in [5, 5.41) is 11.2. The Morgan fingerprint density at radius 1 is 1.25 bits per heavy atom. The lowest BCUT2D eigenvalue weighted by Gasteiger charge is -2.04. The lowest BCUT2D eigenvalue weighted by Crippen LogP contribution is -2.13. The minimum atomic E-state index is -0.390. The van der Waals surface area contributed by atoms with Gasteiger partial charge in [0.1, 0.15) is 18.1 Å². The van der Waals surface area contributed by atoms with Crippen LogP contribution in [0.25, 0.3) is 0 Å². The second-order valence-electron chi connectivity index (χ2n) is 3.85. The molecular weight excluding hydrogens is 259 g/mol. The molecule has 0 aliphatic rings. The van der Waals surface area contributed by atoms with E-state index in [1.54, 1.807) is 6.07 Å². The third-order valence-electron chi connectivity index (χ3n) is 2.41. The van der Waals surface area contributed by atoms with E-state index in [4.69, 9.17) is 5.11 Å². The van der Waals surface area contributed by atoms with Gasteiger partial charge in [0.05, 0.1) is 0 Å². The maximum absolute atomic E-state index is 12.7. The molecule has 0 atom stereocenters. The van der Waals surface area contributed by atoms with Crippen molar-refractivity contribution < 1.29 is 14.3 Å². The summed E-state index contributed by atoms with van der Waals surface area (Å²) in [5.41, 5.74) is 1.32. The lowest BCUT2D eigenvalue weighted by molar-refractivity contribution is 0.102. The minimum absolute atomic E-state index is 0.226. The largest absolute Gasteiger partial charge is 0.384 e. The number of carbonyl (C=O) groups is 1. The topological polar surface area (TPSA) is 62.2 Å². The van der Waals surface area contributed by atoms with E-state index < -0.39 is 5.91 Å². The molecule has 20 heavy (non-hydrogen) atoms. The Hall–Kier alpha value is -2.71. The van der Waals surface area contributed by atoms with Crippen LogP contribution >= 0.6 is 0 Å². The van der Waals surface area contributed by atoms with Crippen molar-refractivity contribution in [3.63, 3.8) is 0 Å².